The quantitative estimate of drug-likeness (QED) is 0.663. The predicted molar refractivity (Wildman–Crippen MR) is 98.8 cm³/mol. The standard InChI is InChI=1S/C16H16ClN5O4S/c1-8(2)10-4-5-11(14(23)24)13(12(10)17)21-27(25,26)16-19-15-18-6-9(3)7-22(15)20-16/h4-8,21H,1-3H3,(H,23,24). The van der Waals surface area contributed by atoms with Crippen LogP contribution in [0, 0.1) is 6.92 Å². The van der Waals surface area contributed by atoms with Gasteiger partial charge < -0.3 is 5.11 Å². The lowest BCUT2D eigenvalue weighted by atomic mass is 10.00. The van der Waals surface area contributed by atoms with E-state index in [1.165, 1.54) is 16.8 Å². The molecule has 11 heteroatoms. The van der Waals surface area contributed by atoms with Gasteiger partial charge in [0.05, 0.1) is 16.3 Å². The summed E-state index contributed by atoms with van der Waals surface area (Å²) in [6.07, 6.45) is 3.10. The van der Waals surface area contributed by atoms with Crippen LogP contribution in [0.3, 0.4) is 0 Å². The van der Waals surface area contributed by atoms with E-state index in [0.29, 0.717) is 5.56 Å². The second-order valence-electron chi connectivity index (χ2n) is 6.23. The van der Waals surface area contributed by atoms with Crippen molar-refractivity contribution >= 4 is 39.1 Å². The maximum Gasteiger partial charge on any atom is 0.337 e. The summed E-state index contributed by atoms with van der Waals surface area (Å²) < 4.78 is 28.9. The second-order valence-corrected chi connectivity index (χ2v) is 8.18. The third-order valence-corrected chi connectivity index (χ3v) is 5.34. The Morgan fingerprint density at radius 1 is 1.33 bits per heavy atom. The number of nitrogens with one attached hydrogen (secondary N) is 1. The minimum Gasteiger partial charge on any atom is -0.478 e. The SMILES string of the molecule is Cc1cnc2nc(S(=O)(=O)Nc3c(C(=O)O)ccc(C(C)C)c3Cl)nn2c1. The average molecular weight is 410 g/mol. The summed E-state index contributed by atoms with van der Waals surface area (Å²) in [6, 6.07) is 2.87. The molecule has 0 amide bonds. The lowest BCUT2D eigenvalue weighted by Gasteiger charge is -2.15. The van der Waals surface area contributed by atoms with E-state index < -0.39 is 21.1 Å². The van der Waals surface area contributed by atoms with Crippen molar-refractivity contribution in [2.75, 3.05) is 4.72 Å². The Labute approximate surface area is 160 Å². The minimum atomic E-state index is -4.29. The zero-order valence-electron chi connectivity index (χ0n) is 14.6. The maximum absolute atomic E-state index is 12.7. The Morgan fingerprint density at radius 2 is 2.04 bits per heavy atom. The van der Waals surface area contributed by atoms with Gasteiger partial charge in [0.15, 0.2) is 0 Å². The van der Waals surface area contributed by atoms with Gasteiger partial charge in [-0.1, -0.05) is 31.5 Å². The molecule has 0 fully saturated rings. The van der Waals surface area contributed by atoms with Gasteiger partial charge in [0.25, 0.3) is 21.0 Å². The molecule has 27 heavy (non-hydrogen) atoms. The summed E-state index contributed by atoms with van der Waals surface area (Å²) in [6.45, 7) is 5.49. The summed E-state index contributed by atoms with van der Waals surface area (Å²) in [5.41, 5.74) is 0.883. The first-order valence-corrected chi connectivity index (χ1v) is 9.74. The molecule has 3 aromatic rings. The van der Waals surface area contributed by atoms with Gasteiger partial charge in [0, 0.05) is 12.4 Å². The van der Waals surface area contributed by atoms with E-state index in [0.717, 1.165) is 5.56 Å². The number of hydrogen-bond acceptors (Lipinski definition) is 6. The molecule has 1 aromatic carbocycles. The number of nitrogens with zero attached hydrogens (tertiary/aromatic N) is 4. The summed E-state index contributed by atoms with van der Waals surface area (Å²) in [5, 5.41) is 12.8. The molecule has 3 rings (SSSR count). The number of aromatic nitrogens is 4. The Kier molecular flexibility index (Phi) is 4.79. The third kappa shape index (κ3) is 3.58. The molecule has 0 spiro atoms. The maximum atomic E-state index is 12.7. The van der Waals surface area contributed by atoms with Gasteiger partial charge in [0.1, 0.15) is 0 Å². The molecule has 9 nitrogen and oxygen atoms in total. The highest BCUT2D eigenvalue weighted by Crippen LogP contribution is 2.35. The van der Waals surface area contributed by atoms with Gasteiger partial charge in [-0.15, -0.1) is 5.10 Å². The second kappa shape index (κ2) is 6.78. The van der Waals surface area contributed by atoms with Gasteiger partial charge in [-0.2, -0.15) is 13.4 Å². The van der Waals surface area contributed by atoms with E-state index in [1.807, 2.05) is 13.8 Å². The topological polar surface area (TPSA) is 127 Å². The van der Waals surface area contributed by atoms with Crippen molar-refractivity contribution in [1.82, 2.24) is 19.6 Å². The van der Waals surface area contributed by atoms with E-state index in [4.69, 9.17) is 11.6 Å². The number of carboxylic acid groups (broad SMARTS) is 1. The Morgan fingerprint density at radius 3 is 2.67 bits per heavy atom. The number of aromatic carboxylic acids is 1. The fourth-order valence-electron chi connectivity index (χ4n) is 2.47. The van der Waals surface area contributed by atoms with Gasteiger partial charge in [0.2, 0.25) is 0 Å². The van der Waals surface area contributed by atoms with Crippen LogP contribution >= 0.6 is 11.6 Å². The lowest BCUT2D eigenvalue weighted by molar-refractivity contribution is 0.0698. The molecule has 2 aromatic heterocycles. The van der Waals surface area contributed by atoms with Crippen molar-refractivity contribution in [2.45, 2.75) is 31.8 Å². The van der Waals surface area contributed by atoms with Gasteiger partial charge in [-0.3, -0.25) is 4.72 Å². The highest BCUT2D eigenvalue weighted by atomic mass is 35.5. The van der Waals surface area contributed by atoms with Crippen LogP contribution in [0.5, 0.6) is 0 Å². The fraction of sp³-hybridized carbons (Fsp3) is 0.250. The van der Waals surface area contributed by atoms with Crippen LogP contribution in [-0.4, -0.2) is 39.1 Å². The number of sulfonamides is 1. The summed E-state index contributed by atoms with van der Waals surface area (Å²) in [4.78, 5) is 19.4. The average Bonchev–Trinajstić information content (AvgIpc) is 2.99. The molecule has 0 atom stereocenters. The highest BCUT2D eigenvalue weighted by molar-refractivity contribution is 7.92. The van der Waals surface area contributed by atoms with Crippen LogP contribution in [-0.2, 0) is 10.0 Å². The monoisotopic (exact) mass is 409 g/mol. The fourth-order valence-corrected chi connectivity index (χ4v) is 3.92. The first-order valence-electron chi connectivity index (χ1n) is 7.87. The van der Waals surface area contributed by atoms with Gasteiger partial charge in [-0.05, 0) is 30.0 Å². The molecule has 0 bridgehead atoms. The molecule has 0 saturated carbocycles. The summed E-state index contributed by atoms with van der Waals surface area (Å²) in [5.74, 6) is -1.25. The molecule has 0 saturated heterocycles. The van der Waals surface area contributed by atoms with Crippen LogP contribution in [0.15, 0.2) is 29.7 Å². The first-order chi connectivity index (χ1) is 12.6. The minimum absolute atomic E-state index is 0.0196. The van der Waals surface area contributed by atoms with E-state index in [2.05, 4.69) is 19.8 Å². The van der Waals surface area contributed by atoms with E-state index in [-0.39, 0.29) is 28.0 Å². The molecule has 142 valence electrons. The molecular weight excluding hydrogens is 394 g/mol. The number of halogens is 1. The van der Waals surface area contributed by atoms with Crippen molar-refractivity contribution < 1.29 is 18.3 Å². The number of aryl methyl sites for hydroxylation is 1. The molecule has 0 aliphatic rings. The molecular formula is C16H16ClN5O4S. The number of anilines is 1. The zero-order chi connectivity index (χ0) is 19.9. The summed E-state index contributed by atoms with van der Waals surface area (Å²) in [7, 11) is -4.29. The van der Waals surface area contributed by atoms with Gasteiger partial charge in [-0.25, -0.2) is 14.3 Å². The van der Waals surface area contributed by atoms with Crippen molar-refractivity contribution in [3.63, 3.8) is 0 Å². The molecule has 2 N–H and O–H groups in total. The van der Waals surface area contributed by atoms with E-state index in [9.17, 15) is 18.3 Å². The van der Waals surface area contributed by atoms with Crippen LogP contribution in [0.25, 0.3) is 5.78 Å². The first kappa shape index (κ1) is 19.1. The molecule has 2 heterocycles. The number of benzene rings is 1. The molecule has 0 radical (unpaired) electrons. The van der Waals surface area contributed by atoms with Crippen molar-refractivity contribution in [2.24, 2.45) is 0 Å². The van der Waals surface area contributed by atoms with E-state index in [1.54, 1.807) is 19.2 Å². The number of fused-ring (bicyclic) bond motifs is 1. The molecule has 0 unspecified atom stereocenters. The van der Waals surface area contributed by atoms with Crippen molar-refractivity contribution in [3.8, 4) is 0 Å². The number of carbonyl (C=O) groups is 1. The number of hydrogen-bond donors (Lipinski definition) is 2. The molecule has 0 aliphatic heterocycles. The van der Waals surface area contributed by atoms with Crippen molar-refractivity contribution in [3.05, 3.63) is 46.2 Å². The largest absolute Gasteiger partial charge is 0.478 e. The number of carboxylic acids is 1. The number of rotatable bonds is 5. The Bertz CT molecular complexity index is 1160. The lowest BCUT2D eigenvalue weighted by Crippen LogP contribution is -2.18. The summed E-state index contributed by atoms with van der Waals surface area (Å²) >= 11 is 6.30. The molecule has 0 aliphatic carbocycles. The Hall–Kier alpha value is -2.72. The third-order valence-electron chi connectivity index (χ3n) is 3.80. The van der Waals surface area contributed by atoms with Crippen molar-refractivity contribution in [1.29, 1.82) is 0 Å². The zero-order valence-corrected chi connectivity index (χ0v) is 16.2. The highest BCUT2D eigenvalue weighted by Gasteiger charge is 2.26. The van der Waals surface area contributed by atoms with Crippen LogP contribution in [0.4, 0.5) is 5.69 Å². The normalized spacial score (nSPS) is 11.9. The van der Waals surface area contributed by atoms with Crippen LogP contribution in [0.1, 0.15) is 41.3 Å². The predicted octanol–water partition coefficient (Wildman–Crippen LogP) is 2.71. The van der Waals surface area contributed by atoms with E-state index >= 15 is 0 Å². The smallest absolute Gasteiger partial charge is 0.337 e. The van der Waals surface area contributed by atoms with Crippen LogP contribution < -0.4 is 4.72 Å². The Balaban J connectivity index is 2.11. The van der Waals surface area contributed by atoms with Gasteiger partial charge >= 0.3 is 5.97 Å². The van der Waals surface area contributed by atoms with Crippen LogP contribution in [0.2, 0.25) is 5.02 Å².